The van der Waals surface area contributed by atoms with Crippen LogP contribution in [0.3, 0.4) is 0 Å². The molecule has 0 saturated carbocycles. The number of amides is 1. The number of hydrogen-bond acceptors (Lipinski definition) is 8. The molecular formula is C21H31FN6O3. The second-order valence-corrected chi connectivity index (χ2v) is 7.04. The molecule has 10 heteroatoms. The summed E-state index contributed by atoms with van der Waals surface area (Å²) in [6.45, 7) is 4.74. The highest BCUT2D eigenvalue weighted by Crippen LogP contribution is 2.26. The molecule has 0 spiro atoms. The van der Waals surface area contributed by atoms with E-state index in [9.17, 15) is 9.18 Å². The van der Waals surface area contributed by atoms with Gasteiger partial charge in [-0.1, -0.05) is 20.3 Å². The van der Waals surface area contributed by atoms with Crippen LogP contribution in [0.1, 0.15) is 43.5 Å². The van der Waals surface area contributed by atoms with E-state index in [1.54, 1.807) is 19.2 Å². The Kier molecular flexibility index (Phi) is 9.41. The van der Waals surface area contributed by atoms with E-state index in [4.69, 9.17) is 20.9 Å². The maximum atomic E-state index is 14.7. The fourth-order valence-electron chi connectivity index (χ4n) is 2.97. The predicted octanol–water partition coefficient (Wildman–Crippen LogP) is 2.80. The van der Waals surface area contributed by atoms with E-state index in [0.717, 1.165) is 25.3 Å². The molecule has 0 saturated heterocycles. The van der Waals surface area contributed by atoms with E-state index in [-0.39, 0.29) is 29.3 Å². The van der Waals surface area contributed by atoms with Gasteiger partial charge in [0.1, 0.15) is 12.4 Å². The average Bonchev–Trinajstić information content (AvgIpc) is 2.75. The van der Waals surface area contributed by atoms with Gasteiger partial charge in [0.15, 0.2) is 11.6 Å². The number of anilines is 3. The number of carbonyl (C=O) groups is 1. The maximum Gasteiger partial charge on any atom is 0.252 e. The number of nitrogens with zero attached hydrogens (tertiary/aromatic N) is 2. The fraction of sp³-hybridized carbons (Fsp3) is 0.476. The maximum absolute atomic E-state index is 14.7. The lowest BCUT2D eigenvalue weighted by molar-refractivity contribution is 0.100. The van der Waals surface area contributed by atoms with Crippen molar-refractivity contribution in [1.82, 2.24) is 9.97 Å². The summed E-state index contributed by atoms with van der Waals surface area (Å²) in [5, 5.41) is 6.08. The van der Waals surface area contributed by atoms with E-state index in [2.05, 4.69) is 20.6 Å². The van der Waals surface area contributed by atoms with Gasteiger partial charge in [-0.05, 0) is 25.0 Å². The van der Waals surface area contributed by atoms with Gasteiger partial charge >= 0.3 is 0 Å². The zero-order valence-electron chi connectivity index (χ0n) is 18.2. The minimum Gasteiger partial charge on any atom is -0.475 e. The Hall–Kier alpha value is -2.98. The summed E-state index contributed by atoms with van der Waals surface area (Å²) in [4.78, 5) is 20.3. The van der Waals surface area contributed by atoms with E-state index in [1.165, 1.54) is 6.20 Å². The highest BCUT2D eigenvalue weighted by Gasteiger charge is 2.21. The largest absolute Gasteiger partial charge is 0.475 e. The molecule has 1 amide bonds. The lowest BCUT2D eigenvalue weighted by Gasteiger charge is -2.25. The molecule has 2 aromatic heterocycles. The molecule has 0 aromatic carbocycles. The highest BCUT2D eigenvalue weighted by molar-refractivity contribution is 5.98. The fourth-order valence-corrected chi connectivity index (χ4v) is 2.97. The molecule has 2 atom stereocenters. The summed E-state index contributed by atoms with van der Waals surface area (Å²) in [6, 6.07) is 4.04. The van der Waals surface area contributed by atoms with Crippen LogP contribution in [0.2, 0.25) is 0 Å². The summed E-state index contributed by atoms with van der Waals surface area (Å²) >= 11 is 0. The van der Waals surface area contributed by atoms with Gasteiger partial charge in [0.2, 0.25) is 5.88 Å². The number of aromatic nitrogens is 2. The van der Waals surface area contributed by atoms with Crippen LogP contribution in [0.5, 0.6) is 5.88 Å². The topological polar surface area (TPSA) is 137 Å². The van der Waals surface area contributed by atoms with Crippen molar-refractivity contribution in [2.24, 2.45) is 11.5 Å². The Morgan fingerprint density at radius 1 is 1.26 bits per heavy atom. The van der Waals surface area contributed by atoms with Gasteiger partial charge in [0.25, 0.3) is 5.91 Å². The third kappa shape index (κ3) is 7.04. The molecule has 2 rings (SSSR count). The molecule has 0 bridgehead atoms. The lowest BCUT2D eigenvalue weighted by atomic mass is 10.0. The molecule has 0 aliphatic carbocycles. The van der Waals surface area contributed by atoms with Crippen LogP contribution in [0.25, 0.3) is 0 Å². The molecule has 0 unspecified atom stereocenters. The standard InChI is InChI=1S/C21H31FN6O3/c1-4-6-17(16(23)5-2)27-21-15(22)12-14(19(24)29)20(28-21)26-13-7-8-25-18(11-13)31-10-9-30-3/h7-8,11-12,16-17H,4-6,9-10,23H2,1-3H3,(H2,24,29)(H2,25,26,27,28)/t16-,17+/m0/s1. The van der Waals surface area contributed by atoms with Crippen LogP contribution < -0.4 is 26.8 Å². The first-order valence-corrected chi connectivity index (χ1v) is 10.3. The van der Waals surface area contributed by atoms with Gasteiger partial charge in [-0.25, -0.2) is 14.4 Å². The minimum atomic E-state index is -0.804. The molecule has 0 aliphatic rings. The number of primary amides is 1. The van der Waals surface area contributed by atoms with Crippen LogP contribution >= 0.6 is 0 Å². The normalized spacial score (nSPS) is 12.8. The van der Waals surface area contributed by atoms with Crippen LogP contribution in [-0.4, -0.2) is 48.3 Å². The van der Waals surface area contributed by atoms with Crippen molar-refractivity contribution >= 4 is 23.2 Å². The first-order chi connectivity index (χ1) is 14.9. The number of pyridine rings is 2. The van der Waals surface area contributed by atoms with Crippen LogP contribution in [0.15, 0.2) is 24.4 Å². The van der Waals surface area contributed by atoms with Crippen LogP contribution in [0.4, 0.5) is 21.7 Å². The van der Waals surface area contributed by atoms with Gasteiger partial charge < -0.3 is 31.6 Å². The zero-order valence-corrected chi connectivity index (χ0v) is 18.2. The quantitative estimate of drug-likeness (QED) is 0.353. The number of nitrogens with one attached hydrogen (secondary N) is 2. The van der Waals surface area contributed by atoms with Crippen LogP contribution in [0, 0.1) is 5.82 Å². The van der Waals surface area contributed by atoms with Gasteiger partial charge in [-0.15, -0.1) is 0 Å². The smallest absolute Gasteiger partial charge is 0.252 e. The molecular weight excluding hydrogens is 403 g/mol. The predicted molar refractivity (Wildman–Crippen MR) is 118 cm³/mol. The summed E-state index contributed by atoms with van der Waals surface area (Å²) in [7, 11) is 1.57. The van der Waals surface area contributed by atoms with Gasteiger partial charge in [0, 0.05) is 37.1 Å². The molecule has 2 heterocycles. The molecule has 9 nitrogen and oxygen atoms in total. The van der Waals surface area contributed by atoms with E-state index in [0.29, 0.717) is 24.8 Å². The van der Waals surface area contributed by atoms with E-state index in [1.807, 2.05) is 13.8 Å². The Labute approximate surface area is 181 Å². The molecule has 2 aromatic rings. The van der Waals surface area contributed by atoms with E-state index >= 15 is 0 Å². The summed E-state index contributed by atoms with van der Waals surface area (Å²) < 4.78 is 25.1. The van der Waals surface area contributed by atoms with Crippen molar-refractivity contribution in [3.05, 3.63) is 35.8 Å². The second-order valence-electron chi connectivity index (χ2n) is 7.04. The number of methoxy groups -OCH3 is 1. The summed E-state index contributed by atoms with van der Waals surface area (Å²) in [5.74, 6) is -1.00. The summed E-state index contributed by atoms with van der Waals surface area (Å²) in [5.41, 5.74) is 12.1. The number of halogens is 1. The zero-order chi connectivity index (χ0) is 22.8. The number of rotatable bonds is 13. The third-order valence-electron chi connectivity index (χ3n) is 4.69. The Morgan fingerprint density at radius 2 is 2.03 bits per heavy atom. The van der Waals surface area contributed by atoms with Gasteiger partial charge in [-0.3, -0.25) is 4.79 Å². The average molecular weight is 435 g/mol. The minimum absolute atomic E-state index is 0.000439. The third-order valence-corrected chi connectivity index (χ3v) is 4.69. The SMILES string of the molecule is CCC[C@@H](Nc1nc(Nc2ccnc(OCCOC)c2)c(C(N)=O)cc1F)[C@@H](N)CC. The van der Waals surface area contributed by atoms with Crippen LogP contribution in [-0.2, 0) is 4.74 Å². The van der Waals surface area contributed by atoms with Crippen molar-refractivity contribution in [2.45, 2.75) is 45.2 Å². The molecule has 6 N–H and O–H groups in total. The van der Waals surface area contributed by atoms with Gasteiger partial charge in [-0.2, -0.15) is 0 Å². The first kappa shape index (κ1) is 24.3. The molecule has 0 radical (unpaired) electrons. The van der Waals surface area contributed by atoms with Gasteiger partial charge in [0.05, 0.1) is 12.2 Å². The number of nitrogens with two attached hydrogens (primary N) is 2. The van der Waals surface area contributed by atoms with Crippen molar-refractivity contribution in [2.75, 3.05) is 31.0 Å². The number of ether oxygens (including phenoxy) is 2. The highest BCUT2D eigenvalue weighted by atomic mass is 19.1. The van der Waals surface area contributed by atoms with Crippen molar-refractivity contribution in [3.8, 4) is 5.88 Å². The monoisotopic (exact) mass is 434 g/mol. The van der Waals surface area contributed by atoms with E-state index < -0.39 is 11.7 Å². The van der Waals surface area contributed by atoms with Crippen molar-refractivity contribution in [1.29, 1.82) is 0 Å². The Morgan fingerprint density at radius 3 is 2.68 bits per heavy atom. The molecule has 31 heavy (non-hydrogen) atoms. The first-order valence-electron chi connectivity index (χ1n) is 10.3. The number of hydrogen-bond donors (Lipinski definition) is 4. The molecule has 170 valence electrons. The second kappa shape index (κ2) is 12.0. The summed E-state index contributed by atoms with van der Waals surface area (Å²) in [6.07, 6.45) is 3.89. The van der Waals surface area contributed by atoms with Crippen molar-refractivity contribution < 1.29 is 18.7 Å². The Bertz CT molecular complexity index is 867. The molecule has 0 aliphatic heterocycles. The Balaban J connectivity index is 2.32. The lowest BCUT2D eigenvalue weighted by Crippen LogP contribution is -2.40. The van der Waals surface area contributed by atoms with Crippen molar-refractivity contribution in [3.63, 3.8) is 0 Å². The molecule has 0 fully saturated rings. The number of carbonyl (C=O) groups excluding carboxylic acids is 1.